The predicted molar refractivity (Wildman–Crippen MR) is 77.2 cm³/mol. The Balaban J connectivity index is 1.72. The van der Waals surface area contributed by atoms with Crippen molar-refractivity contribution in [3.63, 3.8) is 0 Å². The second-order valence-corrected chi connectivity index (χ2v) is 6.54. The molecule has 0 radical (unpaired) electrons. The van der Waals surface area contributed by atoms with Crippen LogP contribution in [-0.2, 0) is 7.05 Å². The van der Waals surface area contributed by atoms with Gasteiger partial charge in [0.05, 0.1) is 22.9 Å². The molecule has 2 fully saturated rings. The Morgan fingerprint density at radius 1 is 1.33 bits per heavy atom. The van der Waals surface area contributed by atoms with Crippen LogP contribution in [0.3, 0.4) is 0 Å². The van der Waals surface area contributed by atoms with E-state index < -0.39 is 17.6 Å². The molecule has 1 saturated carbocycles. The summed E-state index contributed by atoms with van der Waals surface area (Å²) in [7, 11) is 1.75. The van der Waals surface area contributed by atoms with Crippen LogP contribution in [0.15, 0.2) is 0 Å². The molecule has 2 aliphatic rings. The summed E-state index contributed by atoms with van der Waals surface area (Å²) in [6, 6.07) is 0. The first kappa shape index (κ1) is 14.8. The van der Waals surface area contributed by atoms with Crippen LogP contribution in [0.5, 0.6) is 0 Å². The maximum Gasteiger partial charge on any atom is 0.275 e. The van der Waals surface area contributed by atoms with Gasteiger partial charge in [0.15, 0.2) is 5.69 Å². The topological polar surface area (TPSA) is 78.6 Å². The van der Waals surface area contributed by atoms with E-state index in [4.69, 9.17) is 11.6 Å². The normalized spacial score (nSPS) is 27.8. The molecule has 1 aromatic rings. The summed E-state index contributed by atoms with van der Waals surface area (Å²) in [5, 5.41) is 24.4. The smallest absolute Gasteiger partial charge is 0.275 e. The zero-order valence-corrected chi connectivity index (χ0v) is 13.0. The van der Waals surface area contributed by atoms with Gasteiger partial charge < -0.3 is 15.1 Å². The van der Waals surface area contributed by atoms with Crippen molar-refractivity contribution in [3.05, 3.63) is 16.4 Å². The van der Waals surface area contributed by atoms with Gasteiger partial charge in [-0.15, -0.1) is 0 Å². The summed E-state index contributed by atoms with van der Waals surface area (Å²) in [6.07, 6.45) is 0.768. The van der Waals surface area contributed by atoms with Gasteiger partial charge in [-0.05, 0) is 19.8 Å². The molecular formula is C14H20ClN3O3. The number of aliphatic hydroxyl groups is 2. The number of likely N-dealkylation sites (tertiary alicyclic amines) is 1. The molecular weight excluding hydrogens is 294 g/mol. The van der Waals surface area contributed by atoms with Gasteiger partial charge in [0.2, 0.25) is 0 Å². The van der Waals surface area contributed by atoms with Crippen molar-refractivity contribution < 1.29 is 15.0 Å². The minimum absolute atomic E-state index is 0.179. The van der Waals surface area contributed by atoms with E-state index in [-0.39, 0.29) is 11.6 Å². The van der Waals surface area contributed by atoms with Crippen LogP contribution in [-0.4, -0.2) is 56.1 Å². The van der Waals surface area contributed by atoms with E-state index >= 15 is 0 Å². The third-order valence-corrected chi connectivity index (χ3v) is 5.67. The highest BCUT2D eigenvalue weighted by molar-refractivity contribution is 6.34. The molecule has 0 aromatic carbocycles. The number of amides is 1. The number of piperidine rings is 1. The van der Waals surface area contributed by atoms with Crippen LogP contribution in [0.1, 0.15) is 35.4 Å². The number of aliphatic hydroxyl groups excluding tert-OH is 2. The number of hydrogen-bond acceptors (Lipinski definition) is 4. The molecule has 1 saturated heterocycles. The van der Waals surface area contributed by atoms with E-state index in [2.05, 4.69) is 5.10 Å². The highest BCUT2D eigenvalue weighted by atomic mass is 35.5. The van der Waals surface area contributed by atoms with Crippen LogP contribution >= 0.6 is 11.6 Å². The van der Waals surface area contributed by atoms with Crippen molar-refractivity contribution >= 4 is 17.5 Å². The molecule has 2 heterocycles. The Labute approximate surface area is 128 Å². The molecule has 7 heteroatoms. The summed E-state index contributed by atoms with van der Waals surface area (Å²) in [5.74, 6) is -0.179. The number of rotatable bonds is 1. The van der Waals surface area contributed by atoms with Gasteiger partial charge in [0, 0.05) is 32.0 Å². The lowest BCUT2D eigenvalue weighted by Crippen LogP contribution is -2.61. The van der Waals surface area contributed by atoms with Gasteiger partial charge in [-0.25, -0.2) is 0 Å². The SMILES string of the molecule is Cc1c(Cl)c(C(=O)N2CCC3(CC2)[C@H](O)C[C@@H]3O)nn1C. The monoisotopic (exact) mass is 313 g/mol. The number of halogens is 1. The Bertz CT molecular complexity index is 568. The van der Waals surface area contributed by atoms with Crippen molar-refractivity contribution in [2.75, 3.05) is 13.1 Å². The van der Waals surface area contributed by atoms with Gasteiger partial charge in [-0.3, -0.25) is 9.48 Å². The Morgan fingerprint density at radius 2 is 1.90 bits per heavy atom. The molecule has 116 valence electrons. The van der Waals surface area contributed by atoms with Crippen molar-refractivity contribution in [3.8, 4) is 0 Å². The molecule has 3 rings (SSSR count). The predicted octanol–water partition coefficient (Wildman–Crippen LogP) is 0.730. The molecule has 1 aliphatic heterocycles. The first-order valence-corrected chi connectivity index (χ1v) is 7.59. The summed E-state index contributed by atoms with van der Waals surface area (Å²) in [4.78, 5) is 14.2. The first-order valence-electron chi connectivity index (χ1n) is 7.21. The van der Waals surface area contributed by atoms with E-state index in [1.165, 1.54) is 0 Å². The van der Waals surface area contributed by atoms with Crippen LogP contribution in [0.2, 0.25) is 5.02 Å². The number of aromatic nitrogens is 2. The van der Waals surface area contributed by atoms with E-state index in [1.807, 2.05) is 6.92 Å². The molecule has 1 amide bonds. The van der Waals surface area contributed by atoms with E-state index in [0.717, 1.165) is 5.69 Å². The van der Waals surface area contributed by atoms with Crippen molar-refractivity contribution in [2.45, 2.75) is 38.4 Å². The Hall–Kier alpha value is -1.11. The van der Waals surface area contributed by atoms with Gasteiger partial charge in [0.25, 0.3) is 5.91 Å². The molecule has 0 bridgehead atoms. The van der Waals surface area contributed by atoms with Gasteiger partial charge >= 0.3 is 0 Å². The van der Waals surface area contributed by atoms with Crippen LogP contribution in [0.25, 0.3) is 0 Å². The molecule has 2 atom stereocenters. The van der Waals surface area contributed by atoms with Gasteiger partial charge in [-0.1, -0.05) is 11.6 Å². The molecule has 6 nitrogen and oxygen atoms in total. The summed E-state index contributed by atoms with van der Waals surface area (Å²) >= 11 is 6.16. The molecule has 1 aliphatic carbocycles. The number of hydrogen-bond donors (Lipinski definition) is 2. The lowest BCUT2D eigenvalue weighted by atomic mass is 9.58. The summed E-state index contributed by atoms with van der Waals surface area (Å²) in [5.41, 5.74) is 0.626. The summed E-state index contributed by atoms with van der Waals surface area (Å²) < 4.78 is 1.60. The maximum atomic E-state index is 12.5. The fourth-order valence-electron chi connectivity index (χ4n) is 3.40. The zero-order chi connectivity index (χ0) is 15.4. The minimum atomic E-state index is -0.453. The molecule has 1 aromatic heterocycles. The molecule has 2 N–H and O–H groups in total. The largest absolute Gasteiger partial charge is 0.392 e. The zero-order valence-electron chi connectivity index (χ0n) is 12.2. The third kappa shape index (κ3) is 2.08. The molecule has 0 unspecified atom stereocenters. The van der Waals surface area contributed by atoms with Gasteiger partial charge in [-0.2, -0.15) is 5.10 Å². The highest BCUT2D eigenvalue weighted by Crippen LogP contribution is 2.49. The average molecular weight is 314 g/mol. The van der Waals surface area contributed by atoms with Crippen molar-refractivity contribution in [1.29, 1.82) is 0 Å². The van der Waals surface area contributed by atoms with Crippen LogP contribution < -0.4 is 0 Å². The second-order valence-electron chi connectivity index (χ2n) is 6.16. The number of aryl methyl sites for hydroxylation is 1. The number of carbonyl (C=O) groups is 1. The summed E-state index contributed by atoms with van der Waals surface area (Å²) in [6.45, 7) is 2.84. The first-order chi connectivity index (χ1) is 9.86. The van der Waals surface area contributed by atoms with Crippen molar-refractivity contribution in [1.82, 2.24) is 14.7 Å². The standard InChI is InChI=1S/C14H20ClN3O3/c1-8-11(15)12(16-17(8)2)13(21)18-5-3-14(4-6-18)9(19)7-10(14)20/h9-10,19-20H,3-7H2,1-2H3/t9-,10+. The third-order valence-electron chi connectivity index (χ3n) is 5.22. The Morgan fingerprint density at radius 3 is 2.33 bits per heavy atom. The molecule has 21 heavy (non-hydrogen) atoms. The lowest BCUT2D eigenvalue weighted by Gasteiger charge is -2.54. The maximum absolute atomic E-state index is 12.5. The van der Waals surface area contributed by atoms with E-state index in [9.17, 15) is 15.0 Å². The Kier molecular flexibility index (Phi) is 3.50. The fourth-order valence-corrected chi connectivity index (χ4v) is 3.64. The van der Waals surface area contributed by atoms with Crippen LogP contribution in [0.4, 0.5) is 0 Å². The van der Waals surface area contributed by atoms with E-state index in [0.29, 0.717) is 37.4 Å². The highest BCUT2D eigenvalue weighted by Gasteiger charge is 2.55. The van der Waals surface area contributed by atoms with Gasteiger partial charge in [0.1, 0.15) is 0 Å². The number of nitrogens with zero attached hydrogens (tertiary/aromatic N) is 3. The quantitative estimate of drug-likeness (QED) is 0.801. The molecule has 1 spiro atoms. The van der Waals surface area contributed by atoms with Crippen LogP contribution in [0, 0.1) is 12.3 Å². The van der Waals surface area contributed by atoms with E-state index in [1.54, 1.807) is 16.6 Å². The second kappa shape index (κ2) is 4.97. The van der Waals surface area contributed by atoms with Crippen molar-refractivity contribution in [2.24, 2.45) is 12.5 Å². The average Bonchev–Trinajstić information content (AvgIpc) is 2.74. The fraction of sp³-hybridized carbons (Fsp3) is 0.714. The number of carbonyl (C=O) groups excluding carboxylic acids is 1. The lowest BCUT2D eigenvalue weighted by molar-refractivity contribution is -0.187. The minimum Gasteiger partial charge on any atom is -0.392 e.